The molecule has 0 atom stereocenters. The van der Waals surface area contributed by atoms with Crippen molar-refractivity contribution in [1.82, 2.24) is 9.78 Å². The normalized spacial score (nSPS) is 10.5. The summed E-state index contributed by atoms with van der Waals surface area (Å²) in [6, 6.07) is 4.13. The van der Waals surface area contributed by atoms with Crippen LogP contribution in [0.4, 0.5) is 10.2 Å². The molecule has 1 amide bonds. The molecule has 0 saturated heterocycles. The van der Waals surface area contributed by atoms with Gasteiger partial charge >= 0.3 is 0 Å². The highest BCUT2D eigenvalue weighted by atomic mass is 32.1. The Hall–Kier alpha value is -2.02. The minimum Gasteiger partial charge on any atom is -0.304 e. The number of aromatic nitrogens is 2. The van der Waals surface area contributed by atoms with Crippen LogP contribution >= 0.6 is 11.3 Å². The second-order valence-electron chi connectivity index (χ2n) is 3.87. The molecule has 7 heteroatoms. The quantitative estimate of drug-likeness (QED) is 0.876. The van der Waals surface area contributed by atoms with E-state index >= 15 is 0 Å². The van der Waals surface area contributed by atoms with E-state index in [1.54, 1.807) is 14.0 Å². The van der Waals surface area contributed by atoms with Crippen molar-refractivity contribution in [2.45, 2.75) is 13.3 Å². The fourth-order valence-electron chi connectivity index (χ4n) is 1.58. The van der Waals surface area contributed by atoms with Crippen LogP contribution in [0.1, 0.15) is 33.5 Å². The summed E-state index contributed by atoms with van der Waals surface area (Å²) in [7, 11) is 1.63. The predicted octanol–water partition coefficient (Wildman–Crippen LogP) is 2.47. The van der Waals surface area contributed by atoms with Crippen LogP contribution in [0.3, 0.4) is 0 Å². The number of aryl methyl sites for hydroxylation is 1. The average molecular weight is 281 g/mol. The Kier molecular flexibility index (Phi) is 3.75. The number of carbonyl (C=O) groups excluding carboxylic acids is 2. The molecule has 5 nitrogen and oxygen atoms in total. The molecule has 19 heavy (non-hydrogen) atoms. The third kappa shape index (κ3) is 2.87. The molecular weight excluding hydrogens is 269 g/mol. The molecule has 0 aliphatic carbocycles. The van der Waals surface area contributed by atoms with E-state index in [0.717, 1.165) is 11.3 Å². The van der Waals surface area contributed by atoms with Crippen LogP contribution in [0.5, 0.6) is 0 Å². The third-order valence-corrected chi connectivity index (χ3v) is 3.40. The number of Topliss-reactive ketones (excluding diaryl/α,β-unsaturated/α-hetero) is 1. The summed E-state index contributed by atoms with van der Waals surface area (Å²) < 4.78 is 14.2. The number of nitrogens with zero attached hydrogens (tertiary/aromatic N) is 2. The Morgan fingerprint density at radius 2 is 2.21 bits per heavy atom. The maximum Gasteiger partial charge on any atom is 0.267 e. The molecule has 2 rings (SSSR count). The first-order valence-electron chi connectivity index (χ1n) is 5.65. The molecule has 0 saturated carbocycles. The lowest BCUT2D eigenvalue weighted by atomic mass is 10.2. The highest BCUT2D eigenvalue weighted by Gasteiger charge is 2.15. The summed E-state index contributed by atoms with van der Waals surface area (Å²) >= 11 is 0.757. The fourth-order valence-corrected chi connectivity index (χ4v) is 2.21. The van der Waals surface area contributed by atoms with E-state index in [1.165, 1.54) is 22.9 Å². The molecule has 0 fully saturated rings. The molecule has 2 heterocycles. The molecule has 2 aromatic heterocycles. The smallest absolute Gasteiger partial charge is 0.267 e. The van der Waals surface area contributed by atoms with E-state index in [9.17, 15) is 14.0 Å². The van der Waals surface area contributed by atoms with Crippen molar-refractivity contribution >= 4 is 28.8 Å². The number of rotatable bonds is 4. The highest BCUT2D eigenvalue weighted by molar-refractivity contribution is 7.12. The minimum absolute atomic E-state index is 0.0577. The highest BCUT2D eigenvalue weighted by Crippen LogP contribution is 2.17. The third-order valence-electron chi connectivity index (χ3n) is 2.53. The van der Waals surface area contributed by atoms with Crippen molar-refractivity contribution in [1.29, 1.82) is 0 Å². The number of halogens is 1. The van der Waals surface area contributed by atoms with Crippen LogP contribution < -0.4 is 5.32 Å². The zero-order valence-corrected chi connectivity index (χ0v) is 11.3. The number of carbonyl (C=O) groups is 2. The Balaban J connectivity index is 2.16. The number of anilines is 1. The van der Waals surface area contributed by atoms with E-state index in [4.69, 9.17) is 0 Å². The standard InChI is InChI=1S/C12H12FN3O2S/c1-3-8(17)7-6-11(15-16(7)2)14-12(18)9-4-5-10(13)19-9/h4-6H,3H2,1-2H3,(H,14,15,18). The zero-order valence-electron chi connectivity index (χ0n) is 10.4. The molecule has 0 bridgehead atoms. The molecule has 2 aromatic rings. The number of nitrogens with one attached hydrogen (secondary N) is 1. The molecule has 0 radical (unpaired) electrons. The van der Waals surface area contributed by atoms with Crippen molar-refractivity contribution < 1.29 is 14.0 Å². The topological polar surface area (TPSA) is 64.0 Å². The summed E-state index contributed by atoms with van der Waals surface area (Å²) in [5, 5.41) is 6.14. The predicted molar refractivity (Wildman–Crippen MR) is 70.1 cm³/mol. The minimum atomic E-state index is -0.442. The van der Waals surface area contributed by atoms with Gasteiger partial charge in [0.15, 0.2) is 16.7 Å². The fraction of sp³-hybridized carbons (Fsp3) is 0.250. The van der Waals surface area contributed by atoms with Gasteiger partial charge < -0.3 is 5.32 Å². The number of amides is 1. The van der Waals surface area contributed by atoms with Gasteiger partial charge in [-0.2, -0.15) is 9.49 Å². The second-order valence-corrected chi connectivity index (χ2v) is 4.91. The van der Waals surface area contributed by atoms with Crippen LogP contribution in [0.15, 0.2) is 18.2 Å². The zero-order chi connectivity index (χ0) is 14.0. The molecule has 100 valence electrons. The molecular formula is C12H12FN3O2S. The molecule has 0 aromatic carbocycles. The monoisotopic (exact) mass is 281 g/mol. The first kappa shape index (κ1) is 13.4. The lowest BCUT2D eigenvalue weighted by molar-refractivity contribution is 0.0977. The molecule has 0 unspecified atom stereocenters. The summed E-state index contributed by atoms with van der Waals surface area (Å²) in [5.41, 5.74) is 0.426. The van der Waals surface area contributed by atoms with E-state index in [1.807, 2.05) is 0 Å². The van der Waals surface area contributed by atoms with Gasteiger partial charge in [0, 0.05) is 19.5 Å². The number of ketones is 1. The Morgan fingerprint density at radius 3 is 2.79 bits per heavy atom. The summed E-state index contributed by atoms with van der Waals surface area (Å²) in [6.45, 7) is 1.75. The van der Waals surface area contributed by atoms with Gasteiger partial charge in [-0.25, -0.2) is 0 Å². The van der Waals surface area contributed by atoms with E-state index < -0.39 is 11.0 Å². The SMILES string of the molecule is CCC(=O)c1cc(NC(=O)c2ccc(F)s2)nn1C. The summed E-state index contributed by atoms with van der Waals surface area (Å²) in [4.78, 5) is 23.6. The van der Waals surface area contributed by atoms with Crippen LogP contribution in [-0.2, 0) is 7.05 Å². The maximum absolute atomic E-state index is 12.8. The Bertz CT molecular complexity index is 633. The van der Waals surface area contributed by atoms with Crippen molar-refractivity contribution in [2.75, 3.05) is 5.32 Å². The number of thiophene rings is 1. The van der Waals surface area contributed by atoms with Gasteiger partial charge in [-0.15, -0.1) is 11.3 Å². The molecule has 0 aliphatic rings. The maximum atomic E-state index is 12.8. The van der Waals surface area contributed by atoms with Crippen molar-refractivity contribution in [2.24, 2.45) is 7.05 Å². The van der Waals surface area contributed by atoms with Gasteiger partial charge in [0.25, 0.3) is 5.91 Å². The van der Waals surface area contributed by atoms with Gasteiger partial charge in [0.05, 0.1) is 4.88 Å². The van der Waals surface area contributed by atoms with Crippen molar-refractivity contribution in [3.63, 3.8) is 0 Å². The summed E-state index contributed by atoms with van der Waals surface area (Å²) in [5.74, 6) is -0.224. The number of hydrogen-bond donors (Lipinski definition) is 1. The van der Waals surface area contributed by atoms with E-state index in [-0.39, 0.29) is 16.5 Å². The largest absolute Gasteiger partial charge is 0.304 e. The van der Waals surface area contributed by atoms with Crippen molar-refractivity contribution in [3.8, 4) is 0 Å². The van der Waals surface area contributed by atoms with Gasteiger partial charge in [-0.05, 0) is 12.1 Å². The van der Waals surface area contributed by atoms with Gasteiger partial charge in [-0.1, -0.05) is 6.92 Å². The Labute approximate surface area is 113 Å². The lowest BCUT2D eigenvalue weighted by Crippen LogP contribution is -2.10. The van der Waals surface area contributed by atoms with Crippen LogP contribution in [0.2, 0.25) is 0 Å². The van der Waals surface area contributed by atoms with E-state index in [0.29, 0.717) is 12.1 Å². The first-order valence-corrected chi connectivity index (χ1v) is 6.47. The molecule has 0 spiro atoms. The van der Waals surface area contributed by atoms with Gasteiger partial charge in [0.2, 0.25) is 0 Å². The lowest BCUT2D eigenvalue weighted by Gasteiger charge is -1.97. The van der Waals surface area contributed by atoms with Gasteiger partial charge in [-0.3, -0.25) is 14.3 Å². The van der Waals surface area contributed by atoms with Crippen LogP contribution in [0, 0.1) is 5.13 Å². The average Bonchev–Trinajstić information content (AvgIpc) is 2.95. The van der Waals surface area contributed by atoms with Crippen molar-refractivity contribution in [3.05, 3.63) is 33.9 Å². The number of hydrogen-bond acceptors (Lipinski definition) is 4. The van der Waals surface area contributed by atoms with E-state index in [2.05, 4.69) is 10.4 Å². The van der Waals surface area contributed by atoms with Crippen LogP contribution in [0.25, 0.3) is 0 Å². The Morgan fingerprint density at radius 1 is 1.47 bits per heavy atom. The first-order chi connectivity index (χ1) is 9.01. The van der Waals surface area contributed by atoms with Crippen LogP contribution in [-0.4, -0.2) is 21.5 Å². The van der Waals surface area contributed by atoms with Gasteiger partial charge in [0.1, 0.15) is 5.69 Å². The summed E-state index contributed by atoms with van der Waals surface area (Å²) in [6.07, 6.45) is 0.364. The second kappa shape index (κ2) is 5.31. The molecule has 1 N–H and O–H groups in total. The molecule has 0 aliphatic heterocycles.